The van der Waals surface area contributed by atoms with Crippen LogP contribution in [0.15, 0.2) is 47.4 Å². The molecule has 130 valence electrons. The molecule has 0 fully saturated rings. The van der Waals surface area contributed by atoms with Crippen molar-refractivity contribution in [2.45, 2.75) is 25.2 Å². The Morgan fingerprint density at radius 3 is 2.32 bits per heavy atom. The number of rotatable bonds is 4. The molecule has 1 aliphatic rings. The molecular weight excluding hydrogens is 340 g/mol. The third-order valence-electron chi connectivity index (χ3n) is 4.18. The molecule has 2 aromatic carbocycles. The topological polar surface area (TPSA) is 83.6 Å². The number of hydrogen-bond donors (Lipinski definition) is 1. The van der Waals surface area contributed by atoms with Gasteiger partial charge >= 0.3 is 0 Å². The molecule has 2 aromatic rings. The third kappa shape index (κ3) is 3.41. The standard InChI is InChI=1S/C18H18N2O4S/c1-12(21)14-3-6-17(7-4-14)25(23,24)19-16-5-8-18-15(11-16)9-10-20(18)13(2)22/h3-8,11,19H,9-10H2,1-2H3. The van der Waals surface area contributed by atoms with E-state index in [1.54, 1.807) is 23.1 Å². The summed E-state index contributed by atoms with van der Waals surface area (Å²) in [4.78, 5) is 24.6. The van der Waals surface area contributed by atoms with Crippen LogP contribution in [0.4, 0.5) is 11.4 Å². The second kappa shape index (κ2) is 6.33. The summed E-state index contributed by atoms with van der Waals surface area (Å²) in [6.45, 7) is 3.54. The quantitative estimate of drug-likeness (QED) is 0.852. The summed E-state index contributed by atoms with van der Waals surface area (Å²) in [5, 5.41) is 0. The largest absolute Gasteiger partial charge is 0.312 e. The number of benzene rings is 2. The van der Waals surface area contributed by atoms with Gasteiger partial charge in [0.1, 0.15) is 0 Å². The molecule has 0 bridgehead atoms. The molecule has 0 aliphatic carbocycles. The summed E-state index contributed by atoms with van der Waals surface area (Å²) in [6, 6.07) is 10.9. The van der Waals surface area contributed by atoms with E-state index in [9.17, 15) is 18.0 Å². The van der Waals surface area contributed by atoms with Crippen molar-refractivity contribution in [3.05, 3.63) is 53.6 Å². The van der Waals surface area contributed by atoms with Gasteiger partial charge in [0.2, 0.25) is 5.91 Å². The van der Waals surface area contributed by atoms with Crippen molar-refractivity contribution >= 4 is 33.1 Å². The highest BCUT2D eigenvalue weighted by Gasteiger charge is 2.23. The maximum Gasteiger partial charge on any atom is 0.261 e. The number of nitrogens with zero attached hydrogens (tertiary/aromatic N) is 1. The summed E-state index contributed by atoms with van der Waals surface area (Å²) >= 11 is 0. The highest BCUT2D eigenvalue weighted by Crippen LogP contribution is 2.31. The van der Waals surface area contributed by atoms with Crippen LogP contribution in [-0.4, -0.2) is 26.7 Å². The van der Waals surface area contributed by atoms with Gasteiger partial charge in [-0.3, -0.25) is 14.3 Å². The Labute approximate surface area is 146 Å². The van der Waals surface area contributed by atoms with Crippen molar-refractivity contribution in [1.29, 1.82) is 0 Å². The Kier molecular flexibility index (Phi) is 4.34. The van der Waals surface area contributed by atoms with E-state index in [2.05, 4.69) is 4.72 Å². The molecular formula is C18H18N2O4S. The lowest BCUT2D eigenvalue weighted by Gasteiger charge is -2.15. The number of nitrogens with one attached hydrogen (secondary N) is 1. The number of sulfonamides is 1. The van der Waals surface area contributed by atoms with E-state index in [1.807, 2.05) is 0 Å². The van der Waals surface area contributed by atoms with E-state index in [1.165, 1.54) is 38.1 Å². The summed E-state index contributed by atoms with van der Waals surface area (Å²) < 4.78 is 27.5. The zero-order valence-corrected chi connectivity index (χ0v) is 14.8. The number of anilines is 2. The minimum Gasteiger partial charge on any atom is -0.312 e. The maximum absolute atomic E-state index is 12.5. The fourth-order valence-electron chi connectivity index (χ4n) is 2.88. The lowest BCUT2D eigenvalue weighted by Crippen LogP contribution is -2.25. The lowest BCUT2D eigenvalue weighted by molar-refractivity contribution is -0.116. The SMILES string of the molecule is CC(=O)c1ccc(S(=O)(=O)Nc2ccc3c(c2)CCN3C(C)=O)cc1. The van der Waals surface area contributed by atoms with Crippen LogP contribution >= 0.6 is 0 Å². The fourth-order valence-corrected chi connectivity index (χ4v) is 3.92. The molecule has 1 amide bonds. The molecule has 25 heavy (non-hydrogen) atoms. The van der Waals surface area contributed by atoms with Crippen LogP contribution in [0.3, 0.4) is 0 Å². The number of carbonyl (C=O) groups excluding carboxylic acids is 2. The molecule has 3 rings (SSSR count). The normalized spacial score (nSPS) is 13.4. The second-order valence-corrected chi connectivity index (χ2v) is 7.63. The number of Topliss-reactive ketones (excluding diaryl/α,β-unsaturated/α-hetero) is 1. The average Bonchev–Trinajstić information content (AvgIpc) is 2.98. The van der Waals surface area contributed by atoms with Crippen LogP contribution in [0.5, 0.6) is 0 Å². The van der Waals surface area contributed by atoms with Crippen LogP contribution in [0.2, 0.25) is 0 Å². The van der Waals surface area contributed by atoms with E-state index in [0.29, 0.717) is 24.2 Å². The molecule has 1 aliphatic heterocycles. The first kappa shape index (κ1) is 17.2. The average molecular weight is 358 g/mol. The Morgan fingerprint density at radius 2 is 1.72 bits per heavy atom. The number of carbonyl (C=O) groups is 2. The Morgan fingerprint density at radius 1 is 1.04 bits per heavy atom. The molecule has 0 atom stereocenters. The van der Waals surface area contributed by atoms with E-state index in [0.717, 1.165) is 11.3 Å². The third-order valence-corrected chi connectivity index (χ3v) is 5.58. The second-order valence-electron chi connectivity index (χ2n) is 5.95. The molecule has 1 N–H and O–H groups in total. The Bertz CT molecular complexity index is 950. The van der Waals surface area contributed by atoms with Crippen molar-refractivity contribution in [2.75, 3.05) is 16.2 Å². The Hall–Kier alpha value is -2.67. The smallest absolute Gasteiger partial charge is 0.261 e. The van der Waals surface area contributed by atoms with Gasteiger partial charge in [-0.05, 0) is 49.2 Å². The fraction of sp³-hybridized carbons (Fsp3) is 0.222. The Balaban J connectivity index is 1.84. The van der Waals surface area contributed by atoms with Gasteiger partial charge in [-0.15, -0.1) is 0 Å². The van der Waals surface area contributed by atoms with E-state index >= 15 is 0 Å². The number of ketones is 1. The minimum absolute atomic E-state index is 0.0300. The van der Waals surface area contributed by atoms with Gasteiger partial charge in [-0.1, -0.05) is 12.1 Å². The van der Waals surface area contributed by atoms with Crippen LogP contribution in [0.25, 0.3) is 0 Å². The van der Waals surface area contributed by atoms with Crippen LogP contribution in [0, 0.1) is 0 Å². The summed E-state index contributed by atoms with van der Waals surface area (Å²) in [5.41, 5.74) is 2.66. The van der Waals surface area contributed by atoms with Crippen molar-refractivity contribution < 1.29 is 18.0 Å². The first-order valence-electron chi connectivity index (χ1n) is 7.83. The van der Waals surface area contributed by atoms with Gasteiger partial charge in [0, 0.05) is 30.4 Å². The van der Waals surface area contributed by atoms with Gasteiger partial charge < -0.3 is 4.90 Å². The number of amides is 1. The van der Waals surface area contributed by atoms with Gasteiger partial charge in [0.25, 0.3) is 10.0 Å². The zero-order chi connectivity index (χ0) is 18.2. The van der Waals surface area contributed by atoms with E-state index in [4.69, 9.17) is 0 Å². The van der Waals surface area contributed by atoms with Gasteiger partial charge in [-0.25, -0.2) is 8.42 Å². The molecule has 6 nitrogen and oxygen atoms in total. The van der Waals surface area contributed by atoms with Crippen LogP contribution in [0.1, 0.15) is 29.8 Å². The van der Waals surface area contributed by atoms with Gasteiger partial charge in [0.05, 0.1) is 4.90 Å². The highest BCUT2D eigenvalue weighted by molar-refractivity contribution is 7.92. The highest BCUT2D eigenvalue weighted by atomic mass is 32.2. The number of hydrogen-bond acceptors (Lipinski definition) is 4. The molecule has 0 spiro atoms. The van der Waals surface area contributed by atoms with E-state index in [-0.39, 0.29) is 16.6 Å². The van der Waals surface area contributed by atoms with Crippen molar-refractivity contribution in [1.82, 2.24) is 0 Å². The predicted octanol–water partition coefficient (Wildman–Crippen LogP) is 2.60. The van der Waals surface area contributed by atoms with Crippen LogP contribution in [-0.2, 0) is 21.2 Å². The molecule has 0 saturated heterocycles. The zero-order valence-electron chi connectivity index (χ0n) is 13.9. The summed E-state index contributed by atoms with van der Waals surface area (Å²) in [6.07, 6.45) is 0.692. The number of fused-ring (bicyclic) bond motifs is 1. The summed E-state index contributed by atoms with van der Waals surface area (Å²) in [5.74, 6) is -0.150. The van der Waals surface area contributed by atoms with Crippen LogP contribution < -0.4 is 9.62 Å². The van der Waals surface area contributed by atoms with Crippen molar-refractivity contribution in [3.8, 4) is 0 Å². The molecule has 0 unspecified atom stereocenters. The molecule has 7 heteroatoms. The van der Waals surface area contributed by atoms with Gasteiger partial charge in [-0.2, -0.15) is 0 Å². The molecule has 0 radical (unpaired) electrons. The van der Waals surface area contributed by atoms with Gasteiger partial charge in [0.15, 0.2) is 5.78 Å². The first-order valence-corrected chi connectivity index (χ1v) is 9.31. The minimum atomic E-state index is -3.74. The lowest BCUT2D eigenvalue weighted by atomic mass is 10.1. The molecule has 0 aromatic heterocycles. The predicted molar refractivity (Wildman–Crippen MR) is 95.4 cm³/mol. The monoisotopic (exact) mass is 358 g/mol. The first-order chi connectivity index (χ1) is 11.8. The van der Waals surface area contributed by atoms with Crippen molar-refractivity contribution in [2.24, 2.45) is 0 Å². The molecule has 0 saturated carbocycles. The van der Waals surface area contributed by atoms with Crippen molar-refractivity contribution in [3.63, 3.8) is 0 Å². The van der Waals surface area contributed by atoms with E-state index < -0.39 is 10.0 Å². The molecule has 1 heterocycles. The summed E-state index contributed by atoms with van der Waals surface area (Å²) in [7, 11) is -3.74. The maximum atomic E-state index is 12.5.